The average Bonchev–Trinajstić information content (AvgIpc) is 3.25. The maximum Gasteiger partial charge on any atom is 0.267 e. The highest BCUT2D eigenvalue weighted by Crippen LogP contribution is 2.34. The third-order valence-electron chi connectivity index (χ3n) is 7.81. The fourth-order valence-corrected chi connectivity index (χ4v) is 5.92. The van der Waals surface area contributed by atoms with Gasteiger partial charge < -0.3 is 15.5 Å². The minimum Gasteiger partial charge on any atom is -0.364 e. The van der Waals surface area contributed by atoms with Gasteiger partial charge >= 0.3 is 0 Å². The number of piperidine rings is 1. The molecule has 0 aromatic carbocycles. The lowest BCUT2D eigenvalue weighted by atomic mass is 9.90. The van der Waals surface area contributed by atoms with Crippen LogP contribution in [0.2, 0.25) is 0 Å². The summed E-state index contributed by atoms with van der Waals surface area (Å²) in [6.45, 7) is 5.47. The normalized spacial score (nSPS) is 19.0. The first-order valence-electron chi connectivity index (χ1n) is 12.9. The quantitative estimate of drug-likeness (QED) is 0.565. The van der Waals surface area contributed by atoms with Crippen molar-refractivity contribution in [2.24, 2.45) is 5.73 Å². The van der Waals surface area contributed by atoms with Gasteiger partial charge in [-0.1, -0.05) is 19.1 Å². The van der Waals surface area contributed by atoms with Crippen LogP contribution in [0.1, 0.15) is 66.1 Å². The van der Waals surface area contributed by atoms with Crippen molar-refractivity contribution >= 4 is 17.4 Å². The summed E-state index contributed by atoms with van der Waals surface area (Å²) in [6, 6.07) is 11.1. The van der Waals surface area contributed by atoms with Crippen LogP contribution in [0.3, 0.4) is 0 Å². The fraction of sp³-hybridized carbons (Fsp3) is 0.519. The second-order valence-electron chi connectivity index (χ2n) is 10.0. The summed E-state index contributed by atoms with van der Waals surface area (Å²) in [5, 5.41) is 0. The monoisotopic (exact) mass is 475 g/mol. The number of nitrogens with two attached hydrogens (primary N) is 1. The van der Waals surface area contributed by atoms with Crippen molar-refractivity contribution < 1.29 is 4.79 Å². The molecule has 3 aromatic rings. The van der Waals surface area contributed by atoms with Crippen molar-refractivity contribution in [1.29, 1.82) is 0 Å². The van der Waals surface area contributed by atoms with Gasteiger partial charge in [0.05, 0.1) is 17.4 Å². The Balaban J connectivity index is 1.49. The third kappa shape index (κ3) is 4.52. The molecule has 1 atom stereocenters. The van der Waals surface area contributed by atoms with E-state index < -0.39 is 5.91 Å². The third-order valence-corrected chi connectivity index (χ3v) is 7.81. The lowest BCUT2D eigenvalue weighted by Gasteiger charge is -2.36. The molecule has 0 spiro atoms. The number of anilines is 1. The molecule has 0 bridgehead atoms. The number of aromatic nitrogens is 3. The molecule has 186 valence electrons. The summed E-state index contributed by atoms with van der Waals surface area (Å²) in [7, 11) is 4.29. The number of hydrogen-bond donors (Lipinski definition) is 1. The molecule has 8 nitrogen and oxygen atoms in total. The molecule has 5 rings (SSSR count). The molecule has 4 heterocycles. The summed E-state index contributed by atoms with van der Waals surface area (Å²) < 4.78 is 1.98. The largest absolute Gasteiger partial charge is 0.364 e. The Morgan fingerprint density at radius 3 is 2.66 bits per heavy atom. The van der Waals surface area contributed by atoms with Crippen LogP contribution in [-0.2, 0) is 13.0 Å². The van der Waals surface area contributed by atoms with Crippen LogP contribution < -0.4 is 10.6 Å². The highest BCUT2D eigenvalue weighted by Gasteiger charge is 2.30. The zero-order valence-electron chi connectivity index (χ0n) is 21.2. The number of nitrogens with zero attached hydrogens (tertiary/aromatic N) is 6. The van der Waals surface area contributed by atoms with E-state index in [9.17, 15) is 4.79 Å². The number of carbonyl (C=O) groups excluding carboxylic acids is 1. The molecular formula is C27H37N7O. The van der Waals surface area contributed by atoms with Crippen molar-refractivity contribution in [3.63, 3.8) is 0 Å². The maximum atomic E-state index is 12.8. The Kier molecular flexibility index (Phi) is 6.75. The Morgan fingerprint density at radius 1 is 1.14 bits per heavy atom. The number of rotatable bonds is 7. The maximum absolute atomic E-state index is 12.8. The summed E-state index contributed by atoms with van der Waals surface area (Å²) in [4.78, 5) is 29.6. The van der Waals surface area contributed by atoms with Gasteiger partial charge in [-0.15, -0.1) is 0 Å². The molecular weight excluding hydrogens is 438 g/mol. The zero-order chi connectivity index (χ0) is 24.5. The molecule has 1 saturated heterocycles. The van der Waals surface area contributed by atoms with Gasteiger partial charge in [0.1, 0.15) is 17.2 Å². The first-order valence-corrected chi connectivity index (χ1v) is 12.9. The topological polar surface area (TPSA) is 83.0 Å². The van der Waals surface area contributed by atoms with E-state index in [0.29, 0.717) is 18.3 Å². The van der Waals surface area contributed by atoms with Gasteiger partial charge in [-0.05, 0) is 76.5 Å². The smallest absolute Gasteiger partial charge is 0.267 e. The van der Waals surface area contributed by atoms with Crippen LogP contribution in [0, 0.1) is 0 Å². The predicted octanol–water partition coefficient (Wildman–Crippen LogP) is 3.26. The van der Waals surface area contributed by atoms with Crippen LogP contribution in [0.15, 0.2) is 36.5 Å². The van der Waals surface area contributed by atoms with E-state index >= 15 is 0 Å². The second-order valence-corrected chi connectivity index (χ2v) is 10.0. The number of amides is 1. The minimum atomic E-state index is -0.429. The van der Waals surface area contributed by atoms with Gasteiger partial charge in [0.25, 0.3) is 5.91 Å². The van der Waals surface area contributed by atoms with Gasteiger partial charge in [0.2, 0.25) is 0 Å². The number of carbonyl (C=O) groups is 1. The van der Waals surface area contributed by atoms with Crippen molar-refractivity contribution in [3.05, 3.63) is 59.2 Å². The predicted molar refractivity (Wildman–Crippen MR) is 139 cm³/mol. The van der Waals surface area contributed by atoms with Crippen LogP contribution in [0.4, 0.5) is 5.82 Å². The van der Waals surface area contributed by atoms with Crippen molar-refractivity contribution in [2.75, 3.05) is 38.6 Å². The lowest BCUT2D eigenvalue weighted by molar-refractivity contribution is 0.0990. The molecule has 1 aliphatic carbocycles. The number of pyridine rings is 2. The van der Waals surface area contributed by atoms with Crippen LogP contribution >= 0.6 is 0 Å². The van der Waals surface area contributed by atoms with Crippen molar-refractivity contribution in [2.45, 2.75) is 57.7 Å². The Hall–Kier alpha value is -2.97. The van der Waals surface area contributed by atoms with Gasteiger partial charge in [-0.3, -0.25) is 19.1 Å². The molecule has 35 heavy (non-hydrogen) atoms. The Morgan fingerprint density at radius 2 is 1.94 bits per heavy atom. The molecule has 0 unspecified atom stereocenters. The van der Waals surface area contributed by atoms with E-state index in [1.54, 1.807) is 0 Å². The van der Waals surface area contributed by atoms with Crippen LogP contribution in [0.5, 0.6) is 0 Å². The highest BCUT2D eigenvalue weighted by atomic mass is 16.1. The first kappa shape index (κ1) is 23.8. The number of aryl methyl sites for hydroxylation is 1. The number of fused-ring (bicyclic) bond motifs is 2. The number of primary amides is 1. The van der Waals surface area contributed by atoms with Crippen molar-refractivity contribution in [1.82, 2.24) is 24.2 Å². The average molecular weight is 476 g/mol. The van der Waals surface area contributed by atoms with E-state index in [1.165, 1.54) is 5.56 Å². The molecule has 8 heteroatoms. The molecule has 0 radical (unpaired) electrons. The van der Waals surface area contributed by atoms with Gasteiger partial charge in [0, 0.05) is 31.9 Å². The summed E-state index contributed by atoms with van der Waals surface area (Å²) in [6.07, 6.45) is 7.34. The summed E-state index contributed by atoms with van der Waals surface area (Å²) >= 11 is 0. The van der Waals surface area contributed by atoms with Crippen molar-refractivity contribution in [3.8, 4) is 0 Å². The van der Waals surface area contributed by atoms with Crippen LogP contribution in [-0.4, -0.2) is 69.8 Å². The molecule has 2 N–H and O–H groups in total. The Labute approximate surface area is 207 Å². The summed E-state index contributed by atoms with van der Waals surface area (Å²) in [5.74, 6) is 0.571. The zero-order valence-corrected chi connectivity index (χ0v) is 21.2. The van der Waals surface area contributed by atoms with Crippen LogP contribution in [0.25, 0.3) is 5.65 Å². The van der Waals surface area contributed by atoms with Gasteiger partial charge in [0.15, 0.2) is 0 Å². The minimum absolute atomic E-state index is 0.222. The molecule has 2 aliphatic rings. The molecule has 0 saturated carbocycles. The second kappa shape index (κ2) is 9.95. The van der Waals surface area contributed by atoms with E-state index in [4.69, 9.17) is 15.7 Å². The van der Waals surface area contributed by atoms with Gasteiger partial charge in [-0.2, -0.15) is 0 Å². The first-order chi connectivity index (χ1) is 17.0. The molecule has 3 aromatic heterocycles. The van der Waals surface area contributed by atoms with E-state index in [0.717, 1.165) is 74.6 Å². The number of imidazole rings is 1. The standard InChI is InChI=1S/C27H37N7O/c1-4-32(22-10-5-8-19-9-7-15-29-25(19)22)18-21-26(27(28)35)34-23(30-21)11-6-12-24(34)33-16-13-20(14-17-33)31(2)3/h6-7,9,11-12,15,20,22H,4-5,8,10,13-14,16-18H2,1-3H3,(H2,28,35)/t22-/m0/s1. The lowest BCUT2D eigenvalue weighted by Crippen LogP contribution is -2.42. The fourth-order valence-electron chi connectivity index (χ4n) is 5.92. The molecule has 1 aliphatic heterocycles. The Bertz CT molecular complexity index is 1200. The number of hydrogen-bond acceptors (Lipinski definition) is 6. The highest BCUT2D eigenvalue weighted by molar-refractivity contribution is 5.94. The molecule has 1 amide bonds. The van der Waals surface area contributed by atoms with E-state index in [2.05, 4.69) is 47.9 Å². The SMILES string of the molecule is CCN(Cc1nc2cccc(N3CCC(N(C)C)CC3)n2c1C(N)=O)[C@H]1CCCc2cccnc21. The van der Waals surface area contributed by atoms with Gasteiger partial charge in [-0.25, -0.2) is 4.98 Å². The van der Waals surface area contributed by atoms with E-state index in [1.807, 2.05) is 28.8 Å². The molecule has 1 fully saturated rings. The summed E-state index contributed by atoms with van der Waals surface area (Å²) in [5.41, 5.74) is 10.5. The van der Waals surface area contributed by atoms with E-state index in [-0.39, 0.29) is 6.04 Å².